The van der Waals surface area contributed by atoms with Crippen LogP contribution in [0.2, 0.25) is 0 Å². The molecule has 0 bridgehead atoms. The van der Waals surface area contributed by atoms with Crippen LogP contribution in [0.25, 0.3) is 11.1 Å². The molecule has 0 fully saturated rings. The van der Waals surface area contributed by atoms with Gasteiger partial charge in [0.25, 0.3) is 0 Å². The van der Waals surface area contributed by atoms with E-state index in [0.29, 0.717) is 5.56 Å². The molecule has 0 N–H and O–H groups in total. The van der Waals surface area contributed by atoms with E-state index in [0.717, 1.165) is 17.2 Å². The Morgan fingerprint density at radius 1 is 0.800 bits per heavy atom. The van der Waals surface area contributed by atoms with Gasteiger partial charge in [-0.25, -0.2) is 0 Å². The monoisotopic (exact) mass is 278 g/mol. The number of rotatable bonds is 1. The van der Waals surface area contributed by atoms with Gasteiger partial charge in [-0.1, -0.05) is 57.2 Å². The molecule has 20 heavy (non-hydrogen) atoms. The van der Waals surface area contributed by atoms with Crippen molar-refractivity contribution in [3.8, 4) is 11.1 Å². The zero-order valence-electron chi connectivity index (χ0n) is 11.8. The van der Waals surface area contributed by atoms with Gasteiger partial charge in [0.05, 0.1) is 5.56 Å². The lowest BCUT2D eigenvalue weighted by atomic mass is 9.81. The summed E-state index contributed by atoms with van der Waals surface area (Å²) in [5, 5.41) is 0. The van der Waals surface area contributed by atoms with Crippen molar-refractivity contribution >= 4 is 0 Å². The summed E-state index contributed by atoms with van der Waals surface area (Å²) in [6, 6.07) is 13.2. The summed E-state index contributed by atoms with van der Waals surface area (Å²) in [5.41, 5.74) is 1.55. The highest BCUT2D eigenvalue weighted by Gasteiger charge is 2.32. The molecule has 0 spiro atoms. The number of alkyl halides is 3. The summed E-state index contributed by atoms with van der Waals surface area (Å²) in [6.45, 7) is 6.01. The highest BCUT2D eigenvalue weighted by atomic mass is 19.4. The summed E-state index contributed by atoms with van der Waals surface area (Å²) in [6.07, 6.45) is -4.32. The van der Waals surface area contributed by atoms with Gasteiger partial charge in [-0.15, -0.1) is 0 Å². The largest absolute Gasteiger partial charge is 0.416 e. The Bertz CT molecular complexity index is 590. The molecule has 2 rings (SSSR count). The smallest absolute Gasteiger partial charge is 0.166 e. The van der Waals surface area contributed by atoms with Gasteiger partial charge in [-0.05, 0) is 34.2 Å². The molecular formula is C17H17F3. The average Bonchev–Trinajstić information content (AvgIpc) is 2.37. The fourth-order valence-electron chi connectivity index (χ4n) is 2.23. The minimum absolute atomic E-state index is 0.213. The Hall–Kier alpha value is -1.77. The van der Waals surface area contributed by atoms with Gasteiger partial charge in [0, 0.05) is 0 Å². The van der Waals surface area contributed by atoms with E-state index in [1.807, 2.05) is 51.1 Å². The molecule has 0 unspecified atom stereocenters. The summed E-state index contributed by atoms with van der Waals surface area (Å²) in [7, 11) is 0. The maximum absolute atomic E-state index is 12.9. The fraction of sp³-hybridized carbons (Fsp3) is 0.294. The van der Waals surface area contributed by atoms with Crippen molar-refractivity contribution in [2.24, 2.45) is 0 Å². The molecule has 0 radical (unpaired) electrons. The van der Waals surface area contributed by atoms with E-state index in [2.05, 4.69) is 0 Å². The molecule has 3 heteroatoms. The van der Waals surface area contributed by atoms with Crippen LogP contribution in [-0.4, -0.2) is 0 Å². The molecule has 0 aliphatic carbocycles. The summed E-state index contributed by atoms with van der Waals surface area (Å²) >= 11 is 0. The summed E-state index contributed by atoms with van der Waals surface area (Å²) in [4.78, 5) is 0. The van der Waals surface area contributed by atoms with Gasteiger partial charge in [-0.2, -0.15) is 13.2 Å². The van der Waals surface area contributed by atoms with Crippen molar-refractivity contribution in [1.82, 2.24) is 0 Å². The zero-order valence-corrected chi connectivity index (χ0v) is 11.8. The van der Waals surface area contributed by atoms with Crippen molar-refractivity contribution in [2.75, 3.05) is 0 Å². The second kappa shape index (κ2) is 4.97. The molecule has 0 aliphatic rings. The van der Waals surface area contributed by atoms with Crippen LogP contribution in [0.4, 0.5) is 13.2 Å². The Balaban J connectivity index is 2.67. The summed E-state index contributed by atoms with van der Waals surface area (Å²) in [5.74, 6) is 0. The quantitative estimate of drug-likeness (QED) is 0.630. The van der Waals surface area contributed by atoms with Crippen molar-refractivity contribution < 1.29 is 13.2 Å². The molecule has 2 aromatic rings. The Morgan fingerprint density at radius 2 is 1.40 bits per heavy atom. The lowest BCUT2D eigenvalue weighted by Gasteiger charge is -2.24. The molecule has 2 aromatic carbocycles. The zero-order chi connectivity index (χ0) is 15.0. The van der Waals surface area contributed by atoms with Crippen LogP contribution in [-0.2, 0) is 11.6 Å². The SMILES string of the molecule is CC(C)(C)c1ccc(C(F)(F)F)cc1-c1ccccc1. The molecule has 106 valence electrons. The first-order valence-corrected chi connectivity index (χ1v) is 6.47. The second-order valence-corrected chi connectivity index (χ2v) is 5.87. The van der Waals surface area contributed by atoms with Crippen LogP contribution in [0.1, 0.15) is 31.9 Å². The van der Waals surface area contributed by atoms with E-state index in [9.17, 15) is 13.2 Å². The number of halogens is 3. The first-order chi connectivity index (χ1) is 9.19. The minimum atomic E-state index is -4.32. The van der Waals surface area contributed by atoms with Crippen molar-refractivity contribution in [2.45, 2.75) is 32.4 Å². The molecule has 0 nitrogen and oxygen atoms in total. The number of hydrogen-bond acceptors (Lipinski definition) is 0. The lowest BCUT2D eigenvalue weighted by Crippen LogP contribution is -2.14. The molecule has 0 saturated carbocycles. The van der Waals surface area contributed by atoms with E-state index in [1.54, 1.807) is 6.07 Å². The molecule has 0 heterocycles. The van der Waals surface area contributed by atoms with E-state index >= 15 is 0 Å². The van der Waals surface area contributed by atoms with Crippen molar-refractivity contribution in [1.29, 1.82) is 0 Å². The predicted molar refractivity (Wildman–Crippen MR) is 75.6 cm³/mol. The fourth-order valence-corrected chi connectivity index (χ4v) is 2.23. The van der Waals surface area contributed by atoms with E-state index in [4.69, 9.17) is 0 Å². The Kier molecular flexibility index (Phi) is 3.63. The van der Waals surface area contributed by atoms with Crippen LogP contribution in [0.5, 0.6) is 0 Å². The van der Waals surface area contributed by atoms with Crippen LogP contribution in [0.15, 0.2) is 48.5 Å². The van der Waals surface area contributed by atoms with Gasteiger partial charge in [0.2, 0.25) is 0 Å². The lowest BCUT2D eigenvalue weighted by molar-refractivity contribution is -0.137. The van der Waals surface area contributed by atoms with E-state index in [1.165, 1.54) is 6.07 Å². The van der Waals surface area contributed by atoms with Crippen LogP contribution in [0.3, 0.4) is 0 Å². The standard InChI is InChI=1S/C17H17F3/c1-16(2,3)15-10-9-13(17(18,19)20)11-14(15)12-7-5-4-6-8-12/h4-11H,1-3H3. The Morgan fingerprint density at radius 3 is 1.90 bits per heavy atom. The third-order valence-corrected chi connectivity index (χ3v) is 3.24. The van der Waals surface area contributed by atoms with Gasteiger partial charge >= 0.3 is 6.18 Å². The molecule has 0 aromatic heterocycles. The molecular weight excluding hydrogens is 261 g/mol. The number of benzene rings is 2. The van der Waals surface area contributed by atoms with Crippen LogP contribution in [0, 0.1) is 0 Å². The maximum atomic E-state index is 12.9. The maximum Gasteiger partial charge on any atom is 0.416 e. The highest BCUT2D eigenvalue weighted by Crippen LogP contribution is 2.38. The molecule has 0 atom stereocenters. The minimum Gasteiger partial charge on any atom is -0.166 e. The van der Waals surface area contributed by atoms with Crippen molar-refractivity contribution in [3.05, 3.63) is 59.7 Å². The third kappa shape index (κ3) is 3.03. The molecule has 0 saturated heterocycles. The molecule has 0 amide bonds. The Labute approximate surface area is 117 Å². The number of hydrogen-bond donors (Lipinski definition) is 0. The van der Waals surface area contributed by atoms with Crippen LogP contribution < -0.4 is 0 Å². The molecule has 0 aliphatic heterocycles. The third-order valence-electron chi connectivity index (χ3n) is 3.24. The normalized spacial score (nSPS) is 12.5. The van der Waals surface area contributed by atoms with Crippen molar-refractivity contribution in [3.63, 3.8) is 0 Å². The van der Waals surface area contributed by atoms with Gasteiger partial charge in [-0.3, -0.25) is 0 Å². The van der Waals surface area contributed by atoms with Gasteiger partial charge < -0.3 is 0 Å². The van der Waals surface area contributed by atoms with Gasteiger partial charge in [0.1, 0.15) is 0 Å². The van der Waals surface area contributed by atoms with E-state index in [-0.39, 0.29) is 5.41 Å². The van der Waals surface area contributed by atoms with E-state index < -0.39 is 11.7 Å². The average molecular weight is 278 g/mol. The van der Waals surface area contributed by atoms with Gasteiger partial charge in [0.15, 0.2) is 0 Å². The second-order valence-electron chi connectivity index (χ2n) is 5.87. The first kappa shape index (κ1) is 14.6. The highest BCUT2D eigenvalue weighted by molar-refractivity contribution is 5.69. The topological polar surface area (TPSA) is 0 Å². The summed E-state index contributed by atoms with van der Waals surface area (Å²) < 4.78 is 38.7. The predicted octanol–water partition coefficient (Wildman–Crippen LogP) is 5.67. The first-order valence-electron chi connectivity index (χ1n) is 6.47. The van der Waals surface area contributed by atoms with Crippen LogP contribution >= 0.6 is 0 Å².